The van der Waals surface area contributed by atoms with Crippen molar-refractivity contribution < 1.29 is 0 Å². The Kier molecular flexibility index (Phi) is 1.24. The smallest absolute Gasteiger partial charge is 0.0551 e. The fourth-order valence-corrected chi connectivity index (χ4v) is 1.50. The number of nitrogens with zero attached hydrogens (tertiary/aromatic N) is 1. The van der Waals surface area contributed by atoms with Gasteiger partial charge in [-0.3, -0.25) is 5.10 Å². The highest BCUT2D eigenvalue weighted by Crippen LogP contribution is 2.24. The van der Waals surface area contributed by atoms with E-state index in [2.05, 4.69) is 10.2 Å². The summed E-state index contributed by atoms with van der Waals surface area (Å²) in [5, 5.41) is 6.88. The maximum atomic E-state index is 5.82. The van der Waals surface area contributed by atoms with Crippen LogP contribution >= 0.6 is 0 Å². The second kappa shape index (κ2) is 2.09. The number of nitrogens with two attached hydrogens (primary N) is 1. The van der Waals surface area contributed by atoms with E-state index >= 15 is 0 Å². The van der Waals surface area contributed by atoms with Crippen LogP contribution in [0.2, 0.25) is 0 Å². The minimum absolute atomic E-state index is 0.200. The Balaban J connectivity index is 2.41. The first-order chi connectivity index (χ1) is 4.88. The van der Waals surface area contributed by atoms with Crippen LogP contribution in [-0.4, -0.2) is 10.2 Å². The molecule has 1 heterocycles. The first kappa shape index (κ1) is 5.92. The van der Waals surface area contributed by atoms with Crippen molar-refractivity contribution in [3.63, 3.8) is 0 Å². The van der Waals surface area contributed by atoms with E-state index < -0.39 is 0 Å². The van der Waals surface area contributed by atoms with Crippen LogP contribution in [0, 0.1) is 0 Å². The molecule has 3 heteroatoms. The van der Waals surface area contributed by atoms with Gasteiger partial charge in [0.2, 0.25) is 0 Å². The number of H-pyrrole nitrogens is 1. The van der Waals surface area contributed by atoms with Gasteiger partial charge in [0, 0.05) is 6.04 Å². The van der Waals surface area contributed by atoms with Gasteiger partial charge in [-0.1, -0.05) is 0 Å². The summed E-state index contributed by atoms with van der Waals surface area (Å²) in [7, 11) is 0. The minimum Gasteiger partial charge on any atom is -0.323 e. The summed E-state index contributed by atoms with van der Waals surface area (Å²) in [5.74, 6) is 0. The Labute approximate surface area is 59.6 Å². The van der Waals surface area contributed by atoms with Gasteiger partial charge in [0.1, 0.15) is 0 Å². The van der Waals surface area contributed by atoms with Crippen LogP contribution in [0.15, 0.2) is 6.20 Å². The third-order valence-corrected chi connectivity index (χ3v) is 2.08. The second-order valence-electron chi connectivity index (χ2n) is 2.81. The summed E-state index contributed by atoms with van der Waals surface area (Å²) in [4.78, 5) is 0. The molecule has 0 saturated carbocycles. The summed E-state index contributed by atoms with van der Waals surface area (Å²) in [6.07, 6.45) is 5.32. The fourth-order valence-electron chi connectivity index (χ4n) is 1.50. The monoisotopic (exact) mass is 137 g/mol. The molecule has 0 aliphatic heterocycles. The van der Waals surface area contributed by atoms with E-state index in [0.717, 1.165) is 18.5 Å². The number of aryl methyl sites for hydroxylation is 1. The van der Waals surface area contributed by atoms with Gasteiger partial charge in [-0.2, -0.15) is 5.10 Å². The predicted molar refractivity (Wildman–Crippen MR) is 38.5 cm³/mol. The van der Waals surface area contributed by atoms with E-state index in [4.69, 9.17) is 5.73 Å². The zero-order chi connectivity index (χ0) is 6.97. The highest BCUT2D eigenvalue weighted by atomic mass is 15.1. The van der Waals surface area contributed by atoms with Gasteiger partial charge >= 0.3 is 0 Å². The van der Waals surface area contributed by atoms with E-state index in [1.54, 1.807) is 0 Å². The Hall–Kier alpha value is -0.830. The number of hydrogen-bond donors (Lipinski definition) is 2. The van der Waals surface area contributed by atoms with E-state index in [0.29, 0.717) is 0 Å². The maximum Gasteiger partial charge on any atom is 0.0551 e. The van der Waals surface area contributed by atoms with Crippen LogP contribution in [0.3, 0.4) is 0 Å². The third-order valence-electron chi connectivity index (χ3n) is 2.08. The molecule has 0 bridgehead atoms. The van der Waals surface area contributed by atoms with Crippen molar-refractivity contribution in [1.29, 1.82) is 0 Å². The molecule has 1 atom stereocenters. The molecule has 0 fully saturated rings. The summed E-state index contributed by atoms with van der Waals surface area (Å²) in [6, 6.07) is 0.200. The van der Waals surface area contributed by atoms with Gasteiger partial charge in [-0.05, 0) is 24.8 Å². The summed E-state index contributed by atoms with van der Waals surface area (Å²) in [6.45, 7) is 0. The predicted octanol–water partition coefficient (Wildman–Crippen LogP) is 0.746. The molecule has 1 aromatic rings. The van der Waals surface area contributed by atoms with Crippen LogP contribution in [0.25, 0.3) is 0 Å². The van der Waals surface area contributed by atoms with Gasteiger partial charge in [-0.15, -0.1) is 0 Å². The number of aromatic nitrogens is 2. The molecule has 0 amide bonds. The highest BCUT2D eigenvalue weighted by molar-refractivity contribution is 5.22. The Morgan fingerprint density at radius 3 is 3.40 bits per heavy atom. The molecular formula is C7H11N3. The van der Waals surface area contributed by atoms with Gasteiger partial charge in [0.25, 0.3) is 0 Å². The molecular weight excluding hydrogens is 126 g/mol. The van der Waals surface area contributed by atoms with Crippen LogP contribution < -0.4 is 5.73 Å². The van der Waals surface area contributed by atoms with Crippen molar-refractivity contribution in [3.8, 4) is 0 Å². The number of aromatic amines is 1. The topological polar surface area (TPSA) is 54.7 Å². The number of nitrogens with one attached hydrogen (secondary N) is 1. The van der Waals surface area contributed by atoms with Crippen LogP contribution in [0.4, 0.5) is 0 Å². The zero-order valence-electron chi connectivity index (χ0n) is 5.80. The number of fused-ring (bicyclic) bond motifs is 1. The van der Waals surface area contributed by atoms with Crippen molar-refractivity contribution in [2.24, 2.45) is 5.73 Å². The molecule has 0 unspecified atom stereocenters. The van der Waals surface area contributed by atoms with Crippen molar-refractivity contribution in [1.82, 2.24) is 10.2 Å². The normalized spacial score (nSPS) is 24.3. The molecule has 3 nitrogen and oxygen atoms in total. The second-order valence-corrected chi connectivity index (χ2v) is 2.81. The van der Waals surface area contributed by atoms with Crippen LogP contribution in [0.1, 0.15) is 30.1 Å². The van der Waals surface area contributed by atoms with Gasteiger partial charge in [0.05, 0.1) is 11.9 Å². The lowest BCUT2D eigenvalue weighted by Gasteiger charge is -2.16. The standard InChI is InChI=1S/C7H11N3/c8-6-3-1-2-5-4-9-10-7(5)6/h4,6H,1-3,8H2,(H,9,10)/t6-/m1/s1. The fraction of sp³-hybridized carbons (Fsp3) is 0.571. The molecule has 3 N–H and O–H groups in total. The van der Waals surface area contributed by atoms with Crippen LogP contribution in [0.5, 0.6) is 0 Å². The van der Waals surface area contributed by atoms with E-state index in [-0.39, 0.29) is 6.04 Å². The van der Waals surface area contributed by atoms with Crippen molar-refractivity contribution in [2.75, 3.05) is 0 Å². The van der Waals surface area contributed by atoms with Crippen LogP contribution in [-0.2, 0) is 6.42 Å². The molecule has 1 aromatic heterocycles. The average Bonchev–Trinajstić information content (AvgIpc) is 2.36. The first-order valence-corrected chi connectivity index (χ1v) is 3.65. The summed E-state index contributed by atoms with van der Waals surface area (Å²) >= 11 is 0. The first-order valence-electron chi connectivity index (χ1n) is 3.65. The SMILES string of the molecule is N[C@@H]1CCCc2cn[nH]c21. The van der Waals surface area contributed by atoms with Gasteiger partial charge in [-0.25, -0.2) is 0 Å². The van der Waals surface area contributed by atoms with Gasteiger partial charge < -0.3 is 5.73 Å². The summed E-state index contributed by atoms with van der Waals surface area (Å²) < 4.78 is 0. The molecule has 0 saturated heterocycles. The zero-order valence-corrected chi connectivity index (χ0v) is 5.80. The molecule has 54 valence electrons. The molecule has 0 aromatic carbocycles. The minimum atomic E-state index is 0.200. The van der Waals surface area contributed by atoms with E-state index in [1.807, 2.05) is 6.20 Å². The lowest BCUT2D eigenvalue weighted by atomic mass is 9.95. The number of rotatable bonds is 0. The maximum absolute atomic E-state index is 5.82. The molecule has 0 radical (unpaired) electrons. The Morgan fingerprint density at radius 1 is 1.70 bits per heavy atom. The number of hydrogen-bond acceptors (Lipinski definition) is 2. The van der Waals surface area contributed by atoms with Gasteiger partial charge in [0.15, 0.2) is 0 Å². The van der Waals surface area contributed by atoms with E-state index in [1.165, 1.54) is 12.0 Å². The lowest BCUT2D eigenvalue weighted by molar-refractivity contribution is 0.558. The molecule has 1 aliphatic carbocycles. The van der Waals surface area contributed by atoms with Crippen molar-refractivity contribution >= 4 is 0 Å². The Morgan fingerprint density at radius 2 is 2.60 bits per heavy atom. The quantitative estimate of drug-likeness (QED) is 0.554. The largest absolute Gasteiger partial charge is 0.323 e. The Bertz CT molecular complexity index is 229. The lowest BCUT2D eigenvalue weighted by Crippen LogP contribution is -2.16. The third kappa shape index (κ3) is 0.743. The summed E-state index contributed by atoms with van der Waals surface area (Å²) in [5.41, 5.74) is 8.27. The molecule has 0 spiro atoms. The van der Waals surface area contributed by atoms with Crippen molar-refractivity contribution in [2.45, 2.75) is 25.3 Å². The highest BCUT2D eigenvalue weighted by Gasteiger charge is 2.17. The molecule has 2 rings (SSSR count). The average molecular weight is 137 g/mol. The molecule has 10 heavy (non-hydrogen) atoms. The van der Waals surface area contributed by atoms with E-state index in [9.17, 15) is 0 Å². The molecule has 1 aliphatic rings. The van der Waals surface area contributed by atoms with Crippen molar-refractivity contribution in [3.05, 3.63) is 17.5 Å².